The van der Waals surface area contributed by atoms with Crippen molar-refractivity contribution in [3.63, 3.8) is 0 Å². The summed E-state index contributed by atoms with van der Waals surface area (Å²) in [6.45, 7) is 5.11. The Labute approximate surface area is 460 Å². The fourth-order valence-electron chi connectivity index (χ4n) is 9.17. The summed E-state index contributed by atoms with van der Waals surface area (Å²) in [5, 5.41) is 15.3. The number of hydrogen-bond donors (Lipinski definition) is 3. The molecular formula is C56H52I2N6O2S4. The van der Waals surface area contributed by atoms with Crippen LogP contribution in [0.15, 0.2) is 212 Å². The van der Waals surface area contributed by atoms with Crippen LogP contribution in [0.1, 0.15) is 11.1 Å². The van der Waals surface area contributed by atoms with E-state index in [9.17, 15) is 0 Å². The number of ether oxygens (including phenoxy) is 1. The van der Waals surface area contributed by atoms with E-state index in [-0.39, 0.29) is 59.6 Å². The van der Waals surface area contributed by atoms with E-state index in [4.69, 9.17) is 21.6 Å². The molecule has 0 amide bonds. The van der Waals surface area contributed by atoms with Crippen LogP contribution in [0.2, 0.25) is 0 Å². The van der Waals surface area contributed by atoms with Gasteiger partial charge < -0.3 is 67.3 Å². The van der Waals surface area contributed by atoms with Crippen molar-refractivity contribution in [2.75, 3.05) is 55.0 Å². The zero-order chi connectivity index (χ0) is 46.8. The molecule has 0 unspecified atom stereocenters. The van der Waals surface area contributed by atoms with E-state index in [0.29, 0.717) is 18.2 Å². The van der Waals surface area contributed by atoms with Gasteiger partial charge in [-0.3, -0.25) is 5.41 Å². The lowest BCUT2D eigenvalue weighted by Crippen LogP contribution is -3.00. The van der Waals surface area contributed by atoms with Gasteiger partial charge in [-0.1, -0.05) is 125 Å². The molecule has 2 aliphatic rings. The van der Waals surface area contributed by atoms with E-state index in [1.165, 1.54) is 21.2 Å². The van der Waals surface area contributed by atoms with E-state index in [2.05, 4.69) is 233 Å². The molecule has 14 heteroatoms. The maximum atomic E-state index is 8.67. The Kier molecular flexibility index (Phi) is 16.8. The quantitative estimate of drug-likeness (QED) is 0.0221. The third-order valence-electron chi connectivity index (χ3n) is 12.3. The summed E-state index contributed by atoms with van der Waals surface area (Å²) in [6.07, 6.45) is 4.68. The molecule has 0 aliphatic carbocycles. The monoisotopic (exact) mass is 1220 g/mol. The van der Waals surface area contributed by atoms with Crippen LogP contribution >= 0.6 is 46.2 Å². The Morgan fingerprint density at radius 3 is 1.53 bits per heavy atom. The Hall–Kier alpha value is -4.79. The molecule has 0 fully saturated rings. The predicted octanol–water partition coefficient (Wildman–Crippen LogP) is 6.45. The molecular weight excluding hydrogens is 1170 g/mol. The lowest BCUT2D eigenvalue weighted by atomic mass is 10.1. The van der Waals surface area contributed by atoms with Crippen molar-refractivity contribution in [3.8, 4) is 11.4 Å². The summed E-state index contributed by atoms with van der Waals surface area (Å²) < 4.78 is 10.8. The Morgan fingerprint density at radius 2 is 1.09 bits per heavy atom. The molecule has 6 aromatic carbocycles. The zero-order valence-electron chi connectivity index (χ0n) is 38.9. The smallest absolute Gasteiger partial charge is 0.240 e. The standard InChI is InChI=1S/C56H51N6O2S4.2HI/c1-39(35-63-4)37-68(38-58-64-52(57)36-65,55-33-40(31-53-59(2)48-27-15-17-29-50(48)66-53)44-23-11-13-25-46(44)61(55)42-19-7-5-8-20-42)56-34-41(32-54-60(3)49-28-16-18-30-51(49)67-54)45-24-12-14-26-47(45)62(56)43-21-9-6-10-22-43;;/h5-34,57-58H,1,35-38H2,2-4H3;2*1H/q+1;;/p-1. The molecule has 0 saturated heterocycles. The molecule has 2 aliphatic heterocycles. The molecule has 2 aromatic heterocycles. The number of thiol groups is 1. The van der Waals surface area contributed by atoms with Crippen LogP contribution in [0.3, 0.4) is 0 Å². The van der Waals surface area contributed by atoms with Crippen molar-refractivity contribution in [2.45, 2.75) is 19.8 Å². The summed E-state index contributed by atoms with van der Waals surface area (Å²) in [5.41, 5.74) is 13.0. The molecule has 8 nitrogen and oxygen atoms in total. The number of anilines is 2. The first kappa shape index (κ1) is 51.6. The first-order chi connectivity index (χ1) is 33.3. The van der Waals surface area contributed by atoms with E-state index in [0.717, 1.165) is 70.0 Å². The molecule has 0 radical (unpaired) electrons. The van der Waals surface area contributed by atoms with Gasteiger partial charge in [0.15, 0.2) is 0 Å². The van der Waals surface area contributed by atoms with E-state index in [1.54, 1.807) is 30.6 Å². The van der Waals surface area contributed by atoms with Crippen molar-refractivity contribution in [1.82, 2.24) is 5.48 Å². The number of hydrogen-bond acceptors (Lipinski definition) is 9. The van der Waals surface area contributed by atoms with Crippen molar-refractivity contribution in [2.24, 2.45) is 0 Å². The third-order valence-corrected chi connectivity index (χ3v) is 18.6. The van der Waals surface area contributed by atoms with Crippen LogP contribution in [0.5, 0.6) is 0 Å². The summed E-state index contributed by atoms with van der Waals surface area (Å²) in [7, 11) is 3.55. The highest BCUT2D eigenvalue weighted by atomic mass is 127. The van der Waals surface area contributed by atoms with Gasteiger partial charge in [-0.25, -0.2) is 0 Å². The van der Waals surface area contributed by atoms with Gasteiger partial charge >= 0.3 is 0 Å². The molecule has 2 N–H and O–H groups in total. The largest absolute Gasteiger partial charge is 1.00 e. The molecule has 0 atom stereocenters. The lowest BCUT2D eigenvalue weighted by Gasteiger charge is -2.36. The number of nitrogens with zero attached hydrogens (tertiary/aromatic N) is 4. The van der Waals surface area contributed by atoms with Crippen LogP contribution in [-0.4, -0.2) is 51.1 Å². The zero-order valence-corrected chi connectivity index (χ0v) is 46.5. The van der Waals surface area contributed by atoms with Crippen LogP contribution in [0.4, 0.5) is 11.4 Å². The summed E-state index contributed by atoms with van der Waals surface area (Å²) in [5.74, 6) is 1.00. The number of pyridine rings is 2. The normalized spacial score (nSPS) is 15.3. The Balaban J connectivity index is 0.00000329. The summed E-state index contributed by atoms with van der Waals surface area (Å²) in [4.78, 5) is 13.1. The van der Waals surface area contributed by atoms with Crippen molar-refractivity contribution < 1.29 is 66.7 Å². The average Bonchev–Trinajstić information content (AvgIpc) is 3.87. The number of benzene rings is 6. The number of halogens is 2. The SMILES string of the molecule is C=C(COC)CS(CNOC(=N)CS)(c1cc(C=C2Sc3ccccc3N2C)c2ccccc2[n+]1-c1ccccc1)c1cc(C=C2Sc3ccccc3N2C)c2ccccc2[n+]1-c1ccccc1.[I-].[I-]. The number of para-hydroxylation sites is 6. The highest BCUT2D eigenvalue weighted by Crippen LogP contribution is 2.62. The van der Waals surface area contributed by atoms with Crippen molar-refractivity contribution >= 4 is 97.4 Å². The van der Waals surface area contributed by atoms with Crippen LogP contribution in [0.25, 0.3) is 45.3 Å². The second-order valence-electron chi connectivity index (χ2n) is 16.7. The first-order valence-corrected chi connectivity index (χ1v) is 26.5. The molecule has 0 bridgehead atoms. The van der Waals surface area contributed by atoms with E-state index >= 15 is 0 Å². The fraction of sp³-hybridized carbons (Fsp3) is 0.125. The molecule has 8 aromatic rings. The van der Waals surface area contributed by atoms with Crippen molar-refractivity contribution in [1.29, 1.82) is 5.41 Å². The minimum atomic E-state index is -2.48. The van der Waals surface area contributed by atoms with Gasteiger partial charge in [0, 0.05) is 85.3 Å². The maximum absolute atomic E-state index is 8.67. The number of nitrogens with one attached hydrogen (secondary N) is 2. The number of rotatable bonds is 14. The van der Waals surface area contributed by atoms with Crippen molar-refractivity contribution in [3.05, 3.63) is 203 Å². The van der Waals surface area contributed by atoms with Gasteiger partial charge in [0.05, 0.1) is 50.4 Å². The van der Waals surface area contributed by atoms with Crippen LogP contribution in [-0.2, 0) is 9.57 Å². The highest BCUT2D eigenvalue weighted by molar-refractivity contribution is 8.33. The summed E-state index contributed by atoms with van der Waals surface area (Å²) in [6, 6.07) is 60.7. The molecule has 70 heavy (non-hydrogen) atoms. The number of methoxy groups -OCH3 is 1. The fourth-order valence-corrected chi connectivity index (χ4v) is 15.2. The molecule has 356 valence electrons. The van der Waals surface area contributed by atoms with Gasteiger partial charge in [-0.15, -0.1) is 14.6 Å². The molecule has 0 saturated carbocycles. The third kappa shape index (κ3) is 10.0. The highest BCUT2D eigenvalue weighted by Gasteiger charge is 2.47. The average molecular weight is 1220 g/mol. The summed E-state index contributed by atoms with van der Waals surface area (Å²) >= 11 is 8.01. The second-order valence-corrected chi connectivity index (χ2v) is 22.3. The van der Waals surface area contributed by atoms with Gasteiger partial charge in [0.25, 0.3) is 0 Å². The minimum absolute atomic E-state index is 0. The van der Waals surface area contributed by atoms with Crippen LogP contribution in [0, 0.1) is 5.41 Å². The predicted molar refractivity (Wildman–Crippen MR) is 289 cm³/mol. The maximum Gasteiger partial charge on any atom is 0.240 e. The molecule has 0 spiro atoms. The Bertz CT molecular complexity index is 3110. The molecule has 10 rings (SSSR count). The second kappa shape index (κ2) is 22.7. The van der Waals surface area contributed by atoms with E-state index < -0.39 is 10.0 Å². The van der Waals surface area contributed by atoms with E-state index in [1.807, 2.05) is 0 Å². The van der Waals surface area contributed by atoms with Gasteiger partial charge in [0.1, 0.15) is 0 Å². The first-order valence-electron chi connectivity index (χ1n) is 22.3. The lowest BCUT2D eigenvalue weighted by molar-refractivity contribution is -0.617. The van der Waals surface area contributed by atoms with Crippen LogP contribution < -0.4 is 72.4 Å². The Morgan fingerprint density at radius 1 is 0.657 bits per heavy atom. The number of fused-ring (bicyclic) bond motifs is 4. The molecule has 4 heterocycles. The minimum Gasteiger partial charge on any atom is -1.00 e. The number of aromatic nitrogens is 2. The van der Waals surface area contributed by atoms with Gasteiger partial charge in [-0.05, 0) is 65.3 Å². The topological polar surface area (TPSA) is 68.6 Å². The van der Waals surface area contributed by atoms with Gasteiger partial charge in [0.2, 0.25) is 38.4 Å². The number of hydroxylamine groups is 1. The number of thioether (sulfide) groups is 2. The van der Waals surface area contributed by atoms with Gasteiger partial charge in [-0.2, -0.15) is 12.6 Å².